The summed E-state index contributed by atoms with van der Waals surface area (Å²) >= 11 is 3.41. The van der Waals surface area contributed by atoms with Gasteiger partial charge in [-0.2, -0.15) is 5.10 Å². The minimum atomic E-state index is -4.13. The van der Waals surface area contributed by atoms with Gasteiger partial charge in [0.25, 0.3) is 15.9 Å². The quantitative estimate of drug-likeness (QED) is 0.196. The highest BCUT2D eigenvalue weighted by molar-refractivity contribution is 9.10. The van der Waals surface area contributed by atoms with Crippen LogP contribution in [0.3, 0.4) is 0 Å². The summed E-state index contributed by atoms with van der Waals surface area (Å²) < 4.78 is 52.6. The van der Waals surface area contributed by atoms with E-state index in [2.05, 4.69) is 33.0 Å². The Morgan fingerprint density at radius 1 is 1.16 bits per heavy atom. The Morgan fingerprint density at radius 2 is 1.84 bits per heavy atom. The van der Waals surface area contributed by atoms with Gasteiger partial charge >= 0.3 is 0 Å². The molecule has 3 aromatic carbocycles. The number of methoxy groups -OCH3 is 1. The summed E-state index contributed by atoms with van der Waals surface area (Å²) in [4.78, 5) is 12.7. The maximum atomic E-state index is 13.5. The van der Waals surface area contributed by atoms with Gasteiger partial charge in [0.05, 0.1) is 28.4 Å². The molecule has 0 aliphatic rings. The van der Waals surface area contributed by atoms with Gasteiger partial charge in [-0.15, -0.1) is 0 Å². The molecule has 1 N–H and O–H groups in total. The molecule has 0 unspecified atom stereocenters. The number of aryl methyl sites for hydroxylation is 1. The molecule has 37 heavy (non-hydrogen) atoms. The number of halogens is 2. The normalized spacial score (nSPS) is 11.2. The highest BCUT2D eigenvalue weighted by Gasteiger charge is 2.27. The van der Waals surface area contributed by atoms with Crippen molar-refractivity contribution in [1.82, 2.24) is 5.43 Å². The summed E-state index contributed by atoms with van der Waals surface area (Å²) in [5.41, 5.74) is 3.92. The van der Waals surface area contributed by atoms with Crippen molar-refractivity contribution >= 4 is 43.8 Å². The van der Waals surface area contributed by atoms with Crippen LogP contribution in [-0.2, 0) is 14.8 Å². The second-order valence-electron chi connectivity index (χ2n) is 7.73. The van der Waals surface area contributed by atoms with Gasteiger partial charge in [0, 0.05) is 0 Å². The fraction of sp³-hybridized carbons (Fsp3) is 0.154. The lowest BCUT2D eigenvalue weighted by Gasteiger charge is -2.23. The Bertz CT molecular complexity index is 1390. The van der Waals surface area contributed by atoms with E-state index in [-0.39, 0.29) is 17.2 Å². The molecular formula is C26H25BrFN3O5S. The molecule has 0 bridgehead atoms. The highest BCUT2D eigenvalue weighted by atomic mass is 79.9. The van der Waals surface area contributed by atoms with E-state index in [0.29, 0.717) is 21.5 Å². The molecule has 11 heteroatoms. The van der Waals surface area contributed by atoms with Crippen LogP contribution in [-0.4, -0.2) is 40.8 Å². The molecule has 0 saturated heterocycles. The molecule has 0 aromatic heterocycles. The molecular weight excluding hydrogens is 565 g/mol. The summed E-state index contributed by atoms with van der Waals surface area (Å²) in [5.74, 6) is -0.309. The summed E-state index contributed by atoms with van der Waals surface area (Å²) in [6.07, 6.45) is 2.98. The summed E-state index contributed by atoms with van der Waals surface area (Å²) in [6, 6.07) is 14.4. The highest BCUT2D eigenvalue weighted by Crippen LogP contribution is 2.36. The number of hydrazone groups is 1. The molecule has 8 nitrogen and oxygen atoms in total. The van der Waals surface area contributed by atoms with Crippen LogP contribution < -0.4 is 19.2 Å². The van der Waals surface area contributed by atoms with Gasteiger partial charge in [-0.25, -0.2) is 18.2 Å². The van der Waals surface area contributed by atoms with Crippen molar-refractivity contribution in [3.63, 3.8) is 0 Å². The Hall–Kier alpha value is -3.70. The zero-order chi connectivity index (χ0) is 27.0. The number of carbonyl (C=O) groups is 1. The van der Waals surface area contributed by atoms with Crippen molar-refractivity contribution in [2.75, 3.05) is 24.6 Å². The molecule has 0 aliphatic heterocycles. The van der Waals surface area contributed by atoms with Gasteiger partial charge < -0.3 is 9.47 Å². The molecule has 0 saturated carbocycles. The largest absolute Gasteiger partial charge is 0.493 e. The van der Waals surface area contributed by atoms with Gasteiger partial charge in [-0.1, -0.05) is 30.4 Å². The Balaban J connectivity index is 1.81. The Labute approximate surface area is 223 Å². The van der Waals surface area contributed by atoms with Crippen LogP contribution >= 0.6 is 15.9 Å². The average molecular weight is 590 g/mol. The number of nitrogens with zero attached hydrogens (tertiary/aromatic N) is 2. The number of anilines is 1. The van der Waals surface area contributed by atoms with Crippen LogP contribution in [0, 0.1) is 12.7 Å². The first-order chi connectivity index (χ1) is 17.6. The Kier molecular flexibility index (Phi) is 9.42. The van der Waals surface area contributed by atoms with Gasteiger partial charge in [0.1, 0.15) is 19.0 Å². The average Bonchev–Trinajstić information content (AvgIpc) is 2.87. The van der Waals surface area contributed by atoms with Crippen molar-refractivity contribution in [2.45, 2.75) is 11.8 Å². The minimum absolute atomic E-state index is 0.00515. The molecule has 0 atom stereocenters. The lowest BCUT2D eigenvalue weighted by atomic mass is 10.2. The van der Waals surface area contributed by atoms with E-state index >= 15 is 0 Å². The molecule has 3 rings (SSSR count). The SMILES string of the molecule is C=CCOc1c(Br)cc(/C=N\NC(=O)CN(c2ccc(F)cc2)S(=O)(=O)c2ccc(C)cc2)cc1OC. The monoisotopic (exact) mass is 589 g/mol. The summed E-state index contributed by atoms with van der Waals surface area (Å²) in [6.45, 7) is 5.15. The molecule has 3 aromatic rings. The van der Waals surface area contributed by atoms with Gasteiger partial charge in [0.2, 0.25) is 0 Å². The number of benzene rings is 3. The zero-order valence-corrected chi connectivity index (χ0v) is 22.6. The molecule has 1 amide bonds. The number of ether oxygens (including phenoxy) is 2. The second kappa shape index (κ2) is 12.5. The maximum absolute atomic E-state index is 13.5. The van der Waals surface area contributed by atoms with Crippen molar-refractivity contribution in [3.8, 4) is 11.5 Å². The van der Waals surface area contributed by atoms with E-state index in [1.807, 2.05) is 6.92 Å². The second-order valence-corrected chi connectivity index (χ2v) is 10.4. The maximum Gasteiger partial charge on any atom is 0.264 e. The third kappa shape index (κ3) is 7.17. The fourth-order valence-electron chi connectivity index (χ4n) is 3.20. The number of nitrogens with one attached hydrogen (secondary N) is 1. The van der Waals surface area contributed by atoms with E-state index in [1.165, 1.54) is 37.6 Å². The lowest BCUT2D eigenvalue weighted by Crippen LogP contribution is -2.39. The molecule has 0 radical (unpaired) electrons. The van der Waals surface area contributed by atoms with Crippen LogP contribution in [0.1, 0.15) is 11.1 Å². The summed E-state index contributed by atoms with van der Waals surface area (Å²) in [5, 5.41) is 3.94. The fourth-order valence-corrected chi connectivity index (χ4v) is 5.20. The van der Waals surface area contributed by atoms with Crippen molar-refractivity contribution in [3.05, 3.63) is 94.7 Å². The number of carbonyl (C=O) groups excluding carboxylic acids is 1. The van der Waals surface area contributed by atoms with Crippen molar-refractivity contribution in [2.24, 2.45) is 5.10 Å². The minimum Gasteiger partial charge on any atom is -0.493 e. The van der Waals surface area contributed by atoms with Gasteiger partial charge in [-0.05, 0) is 76.9 Å². The first-order valence-corrected chi connectivity index (χ1v) is 13.2. The number of rotatable bonds is 11. The van der Waals surface area contributed by atoms with Crippen LogP contribution in [0.25, 0.3) is 0 Å². The smallest absolute Gasteiger partial charge is 0.264 e. The van der Waals surface area contributed by atoms with Crippen LogP contribution in [0.5, 0.6) is 11.5 Å². The lowest BCUT2D eigenvalue weighted by molar-refractivity contribution is -0.119. The first kappa shape index (κ1) is 27.9. The van der Waals surface area contributed by atoms with Crippen molar-refractivity contribution < 1.29 is 27.1 Å². The third-order valence-corrected chi connectivity index (χ3v) is 7.39. The molecule has 0 aliphatic carbocycles. The standard InChI is InChI=1S/C26H25BrFN3O5S/c1-4-13-36-26-23(27)14-19(15-24(26)35-3)16-29-30-25(32)17-31(21-9-7-20(28)8-10-21)37(33,34)22-11-5-18(2)6-12-22/h4-12,14-16H,1,13,17H2,2-3H3,(H,30,32)/b29-16-. The van der Waals surface area contributed by atoms with Crippen LogP contribution in [0.4, 0.5) is 10.1 Å². The van der Waals surface area contributed by atoms with Crippen molar-refractivity contribution in [1.29, 1.82) is 0 Å². The number of amides is 1. The van der Waals surface area contributed by atoms with Crippen LogP contribution in [0.15, 0.2) is 87.8 Å². The van der Waals surface area contributed by atoms with Gasteiger partial charge in [-0.3, -0.25) is 9.10 Å². The molecule has 0 heterocycles. The molecule has 0 spiro atoms. The number of hydrogen-bond acceptors (Lipinski definition) is 6. The molecule has 0 fully saturated rings. The topological polar surface area (TPSA) is 97.3 Å². The number of hydrogen-bond donors (Lipinski definition) is 1. The predicted octanol–water partition coefficient (Wildman–Crippen LogP) is 4.82. The number of sulfonamides is 1. The molecule has 194 valence electrons. The van der Waals surface area contributed by atoms with Gasteiger partial charge in [0.15, 0.2) is 11.5 Å². The van der Waals surface area contributed by atoms with E-state index in [4.69, 9.17) is 9.47 Å². The van der Waals surface area contributed by atoms with E-state index in [0.717, 1.165) is 22.0 Å². The van der Waals surface area contributed by atoms with E-state index in [1.54, 1.807) is 30.3 Å². The third-order valence-electron chi connectivity index (χ3n) is 5.01. The predicted molar refractivity (Wildman–Crippen MR) is 144 cm³/mol. The summed E-state index contributed by atoms with van der Waals surface area (Å²) in [7, 11) is -2.64. The Morgan fingerprint density at radius 3 is 2.46 bits per heavy atom. The first-order valence-electron chi connectivity index (χ1n) is 10.9. The zero-order valence-electron chi connectivity index (χ0n) is 20.1. The van der Waals surface area contributed by atoms with E-state index < -0.39 is 28.3 Å². The van der Waals surface area contributed by atoms with E-state index in [9.17, 15) is 17.6 Å². The van der Waals surface area contributed by atoms with Crippen LogP contribution in [0.2, 0.25) is 0 Å².